The highest BCUT2D eigenvalue weighted by molar-refractivity contribution is 6.06. The summed E-state index contributed by atoms with van der Waals surface area (Å²) in [6.45, 7) is 4.73. The summed E-state index contributed by atoms with van der Waals surface area (Å²) in [5.74, 6) is 0. The molecule has 0 radical (unpaired) electrons. The van der Waals surface area contributed by atoms with E-state index in [1.54, 1.807) is 0 Å². The van der Waals surface area contributed by atoms with Crippen LogP contribution in [0.25, 0.3) is 88.3 Å². The average molecular weight is 928 g/mol. The second-order valence-corrected chi connectivity index (χ2v) is 20.8. The fourth-order valence-corrected chi connectivity index (χ4v) is 13.3. The van der Waals surface area contributed by atoms with Crippen LogP contribution in [0, 0.1) is 0 Å². The molecule has 0 atom stereocenters. The van der Waals surface area contributed by atoms with Gasteiger partial charge in [-0.3, -0.25) is 0 Å². The van der Waals surface area contributed by atoms with Gasteiger partial charge in [0.05, 0.1) is 5.41 Å². The monoisotopic (exact) mass is 927 g/mol. The summed E-state index contributed by atoms with van der Waals surface area (Å²) in [6, 6.07) is 98.0. The van der Waals surface area contributed by atoms with Gasteiger partial charge in [-0.1, -0.05) is 226 Å². The fraction of sp³-hybridized carbons (Fsp3) is 0.0556. The lowest BCUT2D eigenvalue weighted by Gasteiger charge is -2.32. The molecule has 0 bridgehead atoms. The smallest absolute Gasteiger partial charge is 0.0726 e. The van der Waals surface area contributed by atoms with Gasteiger partial charge in [-0.25, -0.2) is 0 Å². The number of hydrogen-bond donors (Lipinski definition) is 0. The van der Waals surface area contributed by atoms with E-state index >= 15 is 0 Å². The Morgan fingerprint density at radius 3 is 1.45 bits per heavy atom. The van der Waals surface area contributed by atoms with Crippen LogP contribution in [-0.2, 0) is 10.8 Å². The van der Waals surface area contributed by atoms with Crippen molar-refractivity contribution >= 4 is 38.6 Å². The lowest BCUT2D eigenvalue weighted by molar-refractivity contribution is 0.660. The molecule has 0 aromatic heterocycles. The molecule has 3 aliphatic rings. The molecule has 1 spiro atoms. The van der Waals surface area contributed by atoms with Crippen molar-refractivity contribution in [1.82, 2.24) is 0 Å². The third-order valence-corrected chi connectivity index (χ3v) is 16.7. The maximum Gasteiger partial charge on any atom is 0.0726 e. The van der Waals surface area contributed by atoms with Gasteiger partial charge < -0.3 is 4.90 Å². The van der Waals surface area contributed by atoms with Crippen LogP contribution < -0.4 is 4.90 Å². The molecule has 0 heterocycles. The van der Waals surface area contributed by atoms with Crippen molar-refractivity contribution in [2.45, 2.75) is 24.7 Å². The summed E-state index contributed by atoms with van der Waals surface area (Å²) in [6.07, 6.45) is 0. The Hall–Kier alpha value is -9.04. The Bertz CT molecular complexity index is 4180. The predicted octanol–water partition coefficient (Wildman–Crippen LogP) is 19.1. The number of benzene rings is 12. The number of nitrogens with zero attached hydrogens (tertiary/aromatic N) is 1. The molecule has 12 aromatic rings. The van der Waals surface area contributed by atoms with E-state index in [-0.39, 0.29) is 5.41 Å². The van der Waals surface area contributed by atoms with Gasteiger partial charge in [-0.15, -0.1) is 0 Å². The van der Waals surface area contributed by atoms with Crippen molar-refractivity contribution in [2.75, 3.05) is 4.90 Å². The standard InChI is InChI=1S/C72H49N/c1-71(2)64-26-11-7-22-58(64)62-40-35-51(44-68(62)71)50-19-15-20-54(43-50)73(53-36-32-48(33-37-53)57-39-34-47-17-5-6-21-56(47)70(57)52-31-30-46-16-3-4-18-49(46)42-52)55-38-41-63-61-25-10-14-29-67(61)72(69(63)45-55)65-27-12-8-23-59(65)60-24-9-13-28-66(60)72/h3-45H,1-2H3. The van der Waals surface area contributed by atoms with Crippen molar-refractivity contribution in [3.8, 4) is 66.8 Å². The molecular formula is C72H49N. The third kappa shape index (κ3) is 6.03. The van der Waals surface area contributed by atoms with E-state index in [9.17, 15) is 0 Å². The molecule has 0 aliphatic heterocycles. The molecule has 1 nitrogen and oxygen atoms in total. The maximum atomic E-state index is 2.51. The van der Waals surface area contributed by atoms with Crippen molar-refractivity contribution < 1.29 is 0 Å². The molecule has 12 aromatic carbocycles. The molecule has 342 valence electrons. The van der Waals surface area contributed by atoms with E-state index in [1.807, 2.05) is 0 Å². The molecule has 3 aliphatic carbocycles. The van der Waals surface area contributed by atoms with Gasteiger partial charge in [-0.2, -0.15) is 0 Å². The third-order valence-electron chi connectivity index (χ3n) is 16.7. The van der Waals surface area contributed by atoms with Crippen LogP contribution in [-0.4, -0.2) is 0 Å². The fourth-order valence-electron chi connectivity index (χ4n) is 13.3. The van der Waals surface area contributed by atoms with Crippen LogP contribution in [0.4, 0.5) is 17.1 Å². The van der Waals surface area contributed by atoms with E-state index in [1.165, 1.54) is 122 Å². The highest BCUT2D eigenvalue weighted by Gasteiger charge is 2.51. The summed E-state index contributed by atoms with van der Waals surface area (Å²) < 4.78 is 0. The Kier molecular flexibility index (Phi) is 8.99. The second kappa shape index (κ2) is 15.7. The van der Waals surface area contributed by atoms with E-state index in [0.717, 1.165) is 17.1 Å². The van der Waals surface area contributed by atoms with Crippen LogP contribution in [0.3, 0.4) is 0 Å². The van der Waals surface area contributed by atoms with Crippen molar-refractivity contribution in [2.24, 2.45) is 0 Å². The summed E-state index contributed by atoms with van der Waals surface area (Å²) in [4.78, 5) is 2.48. The normalized spacial score (nSPS) is 13.8. The van der Waals surface area contributed by atoms with Gasteiger partial charge in [-0.05, 0) is 170 Å². The Balaban J connectivity index is 0.919. The molecule has 0 saturated heterocycles. The van der Waals surface area contributed by atoms with Crippen LogP contribution in [0.2, 0.25) is 0 Å². The van der Waals surface area contributed by atoms with Crippen LogP contribution in [0.1, 0.15) is 47.2 Å². The largest absolute Gasteiger partial charge is 0.310 e. The first-order chi connectivity index (χ1) is 35.9. The van der Waals surface area contributed by atoms with Gasteiger partial charge in [0, 0.05) is 22.5 Å². The van der Waals surface area contributed by atoms with E-state index in [0.29, 0.717) is 0 Å². The average Bonchev–Trinajstić information content (AvgIpc) is 4.05. The zero-order valence-electron chi connectivity index (χ0n) is 40.8. The molecule has 73 heavy (non-hydrogen) atoms. The number of hydrogen-bond acceptors (Lipinski definition) is 1. The predicted molar refractivity (Wildman–Crippen MR) is 306 cm³/mol. The van der Waals surface area contributed by atoms with Crippen LogP contribution >= 0.6 is 0 Å². The topological polar surface area (TPSA) is 3.24 Å². The first-order valence-corrected chi connectivity index (χ1v) is 25.7. The summed E-state index contributed by atoms with van der Waals surface area (Å²) >= 11 is 0. The minimum Gasteiger partial charge on any atom is -0.310 e. The number of fused-ring (bicyclic) bond motifs is 15. The molecule has 15 rings (SSSR count). The highest BCUT2D eigenvalue weighted by atomic mass is 15.1. The summed E-state index contributed by atoms with van der Waals surface area (Å²) in [5.41, 5.74) is 26.0. The summed E-state index contributed by atoms with van der Waals surface area (Å²) in [7, 11) is 0. The molecule has 0 N–H and O–H groups in total. The molecule has 0 unspecified atom stereocenters. The SMILES string of the molecule is CC1(C)c2ccccc2-c2ccc(-c3cccc(N(c4ccc(-c5ccc6ccccc6c5-c5ccc6ccccc6c5)cc4)c4ccc5c(c4)C4(c6ccccc6-c6ccccc64)c4ccccc4-5)c3)cc21. The molecular weight excluding hydrogens is 879 g/mol. The van der Waals surface area contributed by atoms with E-state index < -0.39 is 5.41 Å². The van der Waals surface area contributed by atoms with Gasteiger partial charge >= 0.3 is 0 Å². The molecule has 0 amide bonds. The molecule has 0 saturated carbocycles. The van der Waals surface area contributed by atoms with Crippen molar-refractivity contribution in [1.29, 1.82) is 0 Å². The molecule has 0 fully saturated rings. The van der Waals surface area contributed by atoms with Gasteiger partial charge in [0.2, 0.25) is 0 Å². The Labute approximate surface area is 427 Å². The van der Waals surface area contributed by atoms with Gasteiger partial charge in [0.25, 0.3) is 0 Å². The lowest BCUT2D eigenvalue weighted by Crippen LogP contribution is -2.26. The zero-order valence-corrected chi connectivity index (χ0v) is 40.8. The first kappa shape index (κ1) is 41.7. The quantitative estimate of drug-likeness (QED) is 0.161. The second-order valence-electron chi connectivity index (χ2n) is 20.8. The maximum absolute atomic E-state index is 2.51. The van der Waals surface area contributed by atoms with E-state index in [4.69, 9.17) is 0 Å². The number of rotatable bonds is 6. The molecule has 1 heteroatoms. The van der Waals surface area contributed by atoms with Crippen molar-refractivity contribution in [3.05, 3.63) is 294 Å². The first-order valence-electron chi connectivity index (χ1n) is 25.7. The van der Waals surface area contributed by atoms with E-state index in [2.05, 4.69) is 280 Å². The highest BCUT2D eigenvalue weighted by Crippen LogP contribution is 2.63. The zero-order chi connectivity index (χ0) is 48.4. The van der Waals surface area contributed by atoms with Gasteiger partial charge in [0.1, 0.15) is 0 Å². The van der Waals surface area contributed by atoms with Crippen molar-refractivity contribution in [3.63, 3.8) is 0 Å². The lowest BCUT2D eigenvalue weighted by atomic mass is 9.70. The Morgan fingerprint density at radius 2 is 0.740 bits per heavy atom. The summed E-state index contributed by atoms with van der Waals surface area (Å²) in [5, 5.41) is 4.97. The van der Waals surface area contributed by atoms with Gasteiger partial charge in [0.15, 0.2) is 0 Å². The number of anilines is 3. The Morgan fingerprint density at radius 1 is 0.260 bits per heavy atom. The minimum atomic E-state index is -0.462. The minimum absolute atomic E-state index is 0.0953. The van der Waals surface area contributed by atoms with Crippen LogP contribution in [0.5, 0.6) is 0 Å². The van der Waals surface area contributed by atoms with Crippen LogP contribution in [0.15, 0.2) is 261 Å².